The SMILES string of the molecule is O=C(c1csc(I)c1)N(CCCl)CC(F)(F)F. The lowest BCUT2D eigenvalue weighted by Crippen LogP contribution is -2.40. The molecule has 0 spiro atoms. The topological polar surface area (TPSA) is 20.3 Å². The highest BCUT2D eigenvalue weighted by molar-refractivity contribution is 14.1. The molecule has 0 N–H and O–H groups in total. The molecule has 96 valence electrons. The van der Waals surface area contributed by atoms with E-state index in [1.54, 1.807) is 11.4 Å². The van der Waals surface area contributed by atoms with Crippen LogP contribution in [0.15, 0.2) is 11.4 Å². The molecule has 17 heavy (non-hydrogen) atoms. The second-order valence-corrected chi connectivity index (χ2v) is 6.35. The molecular weight excluding hydrogens is 390 g/mol. The van der Waals surface area contributed by atoms with Crippen molar-refractivity contribution in [2.45, 2.75) is 6.18 Å². The smallest absolute Gasteiger partial charge is 0.328 e. The highest BCUT2D eigenvalue weighted by Gasteiger charge is 2.33. The first-order valence-electron chi connectivity index (χ1n) is 4.49. The van der Waals surface area contributed by atoms with E-state index in [9.17, 15) is 18.0 Å². The molecule has 0 bridgehead atoms. The third-order valence-electron chi connectivity index (χ3n) is 1.83. The maximum atomic E-state index is 12.3. The summed E-state index contributed by atoms with van der Waals surface area (Å²) in [5, 5.41) is 1.54. The molecule has 1 heterocycles. The van der Waals surface area contributed by atoms with Crippen molar-refractivity contribution in [3.8, 4) is 0 Å². The van der Waals surface area contributed by atoms with Crippen molar-refractivity contribution in [3.63, 3.8) is 0 Å². The van der Waals surface area contributed by atoms with E-state index in [0.717, 1.165) is 2.88 Å². The van der Waals surface area contributed by atoms with Gasteiger partial charge in [-0.3, -0.25) is 4.79 Å². The molecule has 0 saturated carbocycles. The van der Waals surface area contributed by atoms with Crippen molar-refractivity contribution in [2.24, 2.45) is 0 Å². The largest absolute Gasteiger partial charge is 0.406 e. The van der Waals surface area contributed by atoms with Crippen LogP contribution in [0.1, 0.15) is 10.4 Å². The van der Waals surface area contributed by atoms with Gasteiger partial charge >= 0.3 is 6.18 Å². The van der Waals surface area contributed by atoms with Crippen molar-refractivity contribution < 1.29 is 18.0 Å². The van der Waals surface area contributed by atoms with Crippen LogP contribution in [0, 0.1) is 2.88 Å². The van der Waals surface area contributed by atoms with Gasteiger partial charge in [-0.2, -0.15) is 13.2 Å². The fourth-order valence-corrected chi connectivity index (χ4v) is 2.70. The summed E-state index contributed by atoms with van der Waals surface area (Å²) in [4.78, 5) is 12.5. The zero-order valence-electron chi connectivity index (χ0n) is 8.43. The molecule has 0 radical (unpaired) electrons. The molecule has 0 aliphatic rings. The summed E-state index contributed by atoms with van der Waals surface area (Å²) in [5.41, 5.74) is 0.272. The Morgan fingerprint density at radius 1 is 1.53 bits per heavy atom. The Morgan fingerprint density at radius 2 is 2.18 bits per heavy atom. The first-order chi connectivity index (χ1) is 7.83. The van der Waals surface area contributed by atoms with Crippen LogP contribution in [0.2, 0.25) is 0 Å². The minimum Gasteiger partial charge on any atom is -0.328 e. The number of hydrogen-bond donors (Lipinski definition) is 0. The summed E-state index contributed by atoms with van der Waals surface area (Å²) in [6.07, 6.45) is -4.41. The van der Waals surface area contributed by atoms with Gasteiger partial charge in [0.15, 0.2) is 0 Å². The van der Waals surface area contributed by atoms with Gasteiger partial charge in [-0.15, -0.1) is 22.9 Å². The molecule has 2 nitrogen and oxygen atoms in total. The summed E-state index contributed by atoms with van der Waals surface area (Å²) in [5.74, 6) is -0.662. The standard InChI is InChI=1S/C9H8ClF3INOS/c10-1-2-15(5-9(11,12)13)8(16)6-3-7(14)17-4-6/h3-4H,1-2,5H2. The molecule has 0 unspecified atom stereocenters. The summed E-state index contributed by atoms with van der Waals surface area (Å²) in [6, 6.07) is 1.56. The quantitative estimate of drug-likeness (QED) is 0.562. The molecular formula is C9H8ClF3INOS. The van der Waals surface area contributed by atoms with Gasteiger partial charge in [-0.05, 0) is 28.7 Å². The number of nitrogens with zero attached hydrogens (tertiary/aromatic N) is 1. The molecule has 0 aromatic carbocycles. The van der Waals surface area contributed by atoms with E-state index >= 15 is 0 Å². The Bertz CT molecular complexity index is 396. The molecule has 0 atom stereocenters. The van der Waals surface area contributed by atoms with E-state index in [-0.39, 0.29) is 18.0 Å². The highest BCUT2D eigenvalue weighted by atomic mass is 127. The minimum atomic E-state index is -4.41. The van der Waals surface area contributed by atoms with Gasteiger partial charge in [0.05, 0.1) is 8.45 Å². The van der Waals surface area contributed by atoms with E-state index in [1.165, 1.54) is 11.3 Å². The van der Waals surface area contributed by atoms with Gasteiger partial charge in [0.2, 0.25) is 0 Å². The van der Waals surface area contributed by atoms with Crippen LogP contribution < -0.4 is 0 Å². The average Bonchev–Trinajstić information content (AvgIpc) is 2.61. The van der Waals surface area contributed by atoms with Gasteiger partial charge < -0.3 is 4.90 Å². The predicted molar refractivity (Wildman–Crippen MR) is 69.7 cm³/mol. The Balaban J connectivity index is 2.80. The normalized spacial score (nSPS) is 11.6. The first kappa shape index (κ1) is 15.0. The maximum Gasteiger partial charge on any atom is 0.406 e. The summed E-state index contributed by atoms with van der Waals surface area (Å²) < 4.78 is 37.7. The van der Waals surface area contributed by atoms with Crippen LogP contribution in [-0.4, -0.2) is 36.0 Å². The van der Waals surface area contributed by atoms with E-state index in [4.69, 9.17) is 11.6 Å². The predicted octanol–water partition coefficient (Wildman–Crippen LogP) is 3.60. The van der Waals surface area contributed by atoms with Crippen LogP contribution in [0.4, 0.5) is 13.2 Å². The second kappa shape index (κ2) is 6.24. The molecule has 1 aromatic heterocycles. The van der Waals surface area contributed by atoms with Crippen LogP contribution in [-0.2, 0) is 0 Å². The maximum absolute atomic E-state index is 12.3. The van der Waals surface area contributed by atoms with Crippen LogP contribution >= 0.6 is 45.5 Å². The fourth-order valence-electron chi connectivity index (χ4n) is 1.18. The Labute approximate surface area is 119 Å². The number of alkyl halides is 4. The zero-order valence-corrected chi connectivity index (χ0v) is 12.2. The fraction of sp³-hybridized carbons (Fsp3) is 0.444. The number of halogens is 5. The number of carbonyl (C=O) groups excluding carboxylic acids is 1. The minimum absolute atomic E-state index is 0.0248. The number of amides is 1. The lowest BCUT2D eigenvalue weighted by Gasteiger charge is -2.22. The number of hydrogen-bond acceptors (Lipinski definition) is 2. The molecule has 0 fully saturated rings. The monoisotopic (exact) mass is 397 g/mol. The van der Waals surface area contributed by atoms with Crippen molar-refractivity contribution in [1.29, 1.82) is 0 Å². The molecule has 8 heteroatoms. The van der Waals surface area contributed by atoms with Crippen LogP contribution in [0.25, 0.3) is 0 Å². The molecule has 1 rings (SSSR count). The zero-order chi connectivity index (χ0) is 13.1. The molecule has 0 aliphatic heterocycles. The first-order valence-corrected chi connectivity index (χ1v) is 6.99. The molecule has 0 aliphatic carbocycles. The van der Waals surface area contributed by atoms with Gasteiger partial charge in [0, 0.05) is 17.8 Å². The Morgan fingerprint density at radius 3 is 2.59 bits per heavy atom. The number of thiophene rings is 1. The Kier molecular flexibility index (Phi) is 5.52. The van der Waals surface area contributed by atoms with Crippen LogP contribution in [0.3, 0.4) is 0 Å². The van der Waals surface area contributed by atoms with Crippen LogP contribution in [0.5, 0.6) is 0 Å². The molecule has 0 saturated heterocycles. The van der Waals surface area contributed by atoms with Gasteiger partial charge in [0.25, 0.3) is 5.91 Å². The van der Waals surface area contributed by atoms with Gasteiger partial charge in [0.1, 0.15) is 6.54 Å². The third kappa shape index (κ3) is 5.01. The second-order valence-electron chi connectivity index (χ2n) is 3.17. The summed E-state index contributed by atoms with van der Waals surface area (Å²) in [6.45, 7) is -1.39. The van der Waals surface area contributed by atoms with Crippen molar-refractivity contribution >= 4 is 51.4 Å². The summed E-state index contributed by atoms with van der Waals surface area (Å²) >= 11 is 8.72. The lowest BCUT2D eigenvalue weighted by atomic mass is 10.3. The lowest BCUT2D eigenvalue weighted by molar-refractivity contribution is -0.140. The highest BCUT2D eigenvalue weighted by Crippen LogP contribution is 2.21. The molecule has 1 amide bonds. The summed E-state index contributed by atoms with van der Waals surface area (Å²) in [7, 11) is 0. The van der Waals surface area contributed by atoms with E-state index in [2.05, 4.69) is 0 Å². The van der Waals surface area contributed by atoms with Gasteiger partial charge in [-0.1, -0.05) is 0 Å². The van der Waals surface area contributed by atoms with Gasteiger partial charge in [-0.25, -0.2) is 0 Å². The van der Waals surface area contributed by atoms with E-state index in [1.807, 2.05) is 22.6 Å². The number of rotatable bonds is 4. The van der Waals surface area contributed by atoms with Crippen molar-refractivity contribution in [2.75, 3.05) is 19.0 Å². The number of carbonyl (C=O) groups is 1. The molecule has 1 aromatic rings. The van der Waals surface area contributed by atoms with Crippen molar-refractivity contribution in [1.82, 2.24) is 4.90 Å². The van der Waals surface area contributed by atoms with E-state index < -0.39 is 18.6 Å². The average molecular weight is 398 g/mol. The Hall–Kier alpha value is -0.0200. The van der Waals surface area contributed by atoms with E-state index in [0.29, 0.717) is 4.90 Å². The van der Waals surface area contributed by atoms with Crippen molar-refractivity contribution in [3.05, 3.63) is 19.9 Å². The third-order valence-corrected chi connectivity index (χ3v) is 3.78.